The van der Waals surface area contributed by atoms with Gasteiger partial charge in [0.25, 0.3) is 0 Å². The smallest absolute Gasteiger partial charge is 0.330 e. The fourth-order valence-corrected chi connectivity index (χ4v) is 2.93. The van der Waals surface area contributed by atoms with E-state index in [1.807, 2.05) is 6.92 Å². The van der Waals surface area contributed by atoms with Gasteiger partial charge in [-0.1, -0.05) is 5.57 Å². The molecule has 3 heteroatoms. The van der Waals surface area contributed by atoms with E-state index >= 15 is 0 Å². The first-order valence-corrected chi connectivity index (χ1v) is 6.22. The zero-order valence-corrected chi connectivity index (χ0v) is 9.96. The molecule has 0 unspecified atom stereocenters. The molecule has 1 saturated heterocycles. The number of allylic oxidation sites excluding steroid dienone is 1. The van der Waals surface area contributed by atoms with Gasteiger partial charge in [-0.25, -0.2) is 4.79 Å². The third-order valence-corrected chi connectivity index (χ3v) is 3.81. The molecule has 1 spiro atoms. The van der Waals surface area contributed by atoms with Crippen LogP contribution in [0.5, 0.6) is 0 Å². The summed E-state index contributed by atoms with van der Waals surface area (Å²) in [5.74, 6) is -0.176. The van der Waals surface area contributed by atoms with Crippen LogP contribution < -0.4 is 0 Å². The van der Waals surface area contributed by atoms with Crippen molar-refractivity contribution >= 4 is 5.97 Å². The standard InChI is InChI=1S/C13H20O3/c1-2-16-12(14)10-11-4-3-5-13(11)6-8-15-9-7-13/h10H,2-9H2,1H3/b11-10-. The summed E-state index contributed by atoms with van der Waals surface area (Å²) in [4.78, 5) is 11.5. The molecule has 1 heterocycles. The van der Waals surface area contributed by atoms with Gasteiger partial charge in [0.15, 0.2) is 0 Å². The lowest BCUT2D eigenvalue weighted by Gasteiger charge is -2.34. The van der Waals surface area contributed by atoms with Crippen LogP contribution in [-0.4, -0.2) is 25.8 Å². The largest absolute Gasteiger partial charge is 0.463 e. The van der Waals surface area contributed by atoms with Crippen LogP contribution >= 0.6 is 0 Å². The predicted octanol–water partition coefficient (Wildman–Crippen LogP) is 2.46. The fraction of sp³-hybridized carbons (Fsp3) is 0.769. The van der Waals surface area contributed by atoms with Crippen LogP contribution in [0.3, 0.4) is 0 Å². The van der Waals surface area contributed by atoms with E-state index in [2.05, 4.69) is 0 Å². The average molecular weight is 224 g/mol. The van der Waals surface area contributed by atoms with E-state index in [9.17, 15) is 4.79 Å². The summed E-state index contributed by atoms with van der Waals surface area (Å²) in [5, 5.41) is 0. The van der Waals surface area contributed by atoms with E-state index in [0.29, 0.717) is 6.61 Å². The summed E-state index contributed by atoms with van der Waals surface area (Å²) in [6.07, 6.45) is 7.34. The summed E-state index contributed by atoms with van der Waals surface area (Å²) in [7, 11) is 0. The second kappa shape index (κ2) is 5.00. The van der Waals surface area contributed by atoms with Crippen LogP contribution in [0.4, 0.5) is 0 Å². The predicted molar refractivity (Wildman–Crippen MR) is 61.1 cm³/mol. The van der Waals surface area contributed by atoms with Crippen LogP contribution in [0.2, 0.25) is 0 Å². The van der Waals surface area contributed by atoms with Crippen molar-refractivity contribution in [3.05, 3.63) is 11.6 Å². The van der Waals surface area contributed by atoms with Crippen molar-refractivity contribution in [2.75, 3.05) is 19.8 Å². The first-order valence-electron chi connectivity index (χ1n) is 6.22. The summed E-state index contributed by atoms with van der Waals surface area (Å²) in [6.45, 7) is 3.97. The number of ether oxygens (including phenoxy) is 2. The zero-order valence-electron chi connectivity index (χ0n) is 9.96. The molecule has 90 valence electrons. The molecule has 3 nitrogen and oxygen atoms in total. The first kappa shape index (κ1) is 11.6. The summed E-state index contributed by atoms with van der Waals surface area (Å²) < 4.78 is 10.4. The number of hydrogen-bond donors (Lipinski definition) is 0. The quantitative estimate of drug-likeness (QED) is 0.534. The van der Waals surface area contributed by atoms with Gasteiger partial charge in [0, 0.05) is 19.3 Å². The third-order valence-electron chi connectivity index (χ3n) is 3.81. The molecule has 0 aromatic rings. The monoisotopic (exact) mass is 224 g/mol. The Balaban J connectivity index is 2.10. The topological polar surface area (TPSA) is 35.5 Å². The van der Waals surface area contributed by atoms with Gasteiger partial charge in [-0.3, -0.25) is 0 Å². The van der Waals surface area contributed by atoms with E-state index in [1.165, 1.54) is 18.4 Å². The second-order valence-corrected chi connectivity index (χ2v) is 4.67. The van der Waals surface area contributed by atoms with Gasteiger partial charge in [0.1, 0.15) is 0 Å². The molecule has 2 rings (SSSR count). The minimum Gasteiger partial charge on any atom is -0.463 e. The third kappa shape index (κ3) is 2.29. The zero-order chi connectivity index (χ0) is 11.4. The van der Waals surface area contributed by atoms with Crippen LogP contribution in [-0.2, 0) is 14.3 Å². The van der Waals surface area contributed by atoms with Crippen molar-refractivity contribution in [2.24, 2.45) is 5.41 Å². The Morgan fingerprint density at radius 3 is 2.88 bits per heavy atom. The van der Waals surface area contributed by atoms with E-state index in [-0.39, 0.29) is 11.4 Å². The van der Waals surface area contributed by atoms with E-state index < -0.39 is 0 Å². The van der Waals surface area contributed by atoms with Crippen LogP contribution in [0.15, 0.2) is 11.6 Å². The Labute approximate surface area is 96.8 Å². The minimum atomic E-state index is -0.176. The lowest BCUT2D eigenvalue weighted by Crippen LogP contribution is -2.28. The van der Waals surface area contributed by atoms with Gasteiger partial charge in [0.05, 0.1) is 6.61 Å². The Bertz CT molecular complexity index is 288. The van der Waals surface area contributed by atoms with Gasteiger partial charge in [0.2, 0.25) is 0 Å². The molecule has 0 aromatic heterocycles. The number of esters is 1. The van der Waals surface area contributed by atoms with Gasteiger partial charge in [-0.15, -0.1) is 0 Å². The number of carbonyl (C=O) groups excluding carboxylic acids is 1. The molecule has 0 bridgehead atoms. The number of rotatable bonds is 2. The van der Waals surface area contributed by atoms with Crippen LogP contribution in [0.1, 0.15) is 39.0 Å². The van der Waals surface area contributed by atoms with Crippen molar-refractivity contribution in [3.63, 3.8) is 0 Å². The molecule has 2 aliphatic rings. The Hall–Kier alpha value is -0.830. The molecule has 16 heavy (non-hydrogen) atoms. The van der Waals surface area contributed by atoms with Crippen LogP contribution in [0, 0.1) is 5.41 Å². The Morgan fingerprint density at radius 2 is 2.19 bits per heavy atom. The van der Waals surface area contributed by atoms with Crippen molar-refractivity contribution in [1.82, 2.24) is 0 Å². The second-order valence-electron chi connectivity index (χ2n) is 4.67. The molecular weight excluding hydrogens is 204 g/mol. The van der Waals surface area contributed by atoms with E-state index in [0.717, 1.165) is 32.5 Å². The minimum absolute atomic E-state index is 0.176. The molecule has 2 fully saturated rings. The van der Waals surface area contributed by atoms with Crippen molar-refractivity contribution in [3.8, 4) is 0 Å². The molecule has 0 amide bonds. The van der Waals surface area contributed by atoms with Gasteiger partial charge >= 0.3 is 5.97 Å². The number of carbonyl (C=O) groups is 1. The highest BCUT2D eigenvalue weighted by Gasteiger charge is 2.39. The molecule has 1 saturated carbocycles. The summed E-state index contributed by atoms with van der Waals surface area (Å²) in [5.41, 5.74) is 1.56. The molecule has 0 N–H and O–H groups in total. The molecular formula is C13H20O3. The van der Waals surface area contributed by atoms with E-state index in [1.54, 1.807) is 6.08 Å². The SMILES string of the molecule is CCOC(=O)/C=C1/CCCC12CCOCC2. The van der Waals surface area contributed by atoms with Crippen LogP contribution in [0.25, 0.3) is 0 Å². The molecule has 0 aromatic carbocycles. The first-order chi connectivity index (χ1) is 7.77. The maximum Gasteiger partial charge on any atom is 0.330 e. The highest BCUT2D eigenvalue weighted by atomic mass is 16.5. The lowest BCUT2D eigenvalue weighted by atomic mass is 9.75. The maximum absolute atomic E-state index is 11.5. The van der Waals surface area contributed by atoms with Gasteiger partial charge in [-0.05, 0) is 44.4 Å². The molecule has 1 aliphatic heterocycles. The lowest BCUT2D eigenvalue weighted by molar-refractivity contribution is -0.137. The van der Waals surface area contributed by atoms with Gasteiger partial charge < -0.3 is 9.47 Å². The molecule has 1 aliphatic carbocycles. The Morgan fingerprint density at radius 1 is 1.44 bits per heavy atom. The maximum atomic E-state index is 11.5. The Kier molecular flexibility index (Phi) is 3.64. The fourth-order valence-electron chi connectivity index (χ4n) is 2.93. The van der Waals surface area contributed by atoms with Gasteiger partial charge in [-0.2, -0.15) is 0 Å². The van der Waals surface area contributed by atoms with E-state index in [4.69, 9.17) is 9.47 Å². The normalized spacial score (nSPS) is 26.2. The highest BCUT2D eigenvalue weighted by Crippen LogP contribution is 2.49. The number of hydrogen-bond acceptors (Lipinski definition) is 3. The summed E-state index contributed by atoms with van der Waals surface area (Å²) >= 11 is 0. The summed E-state index contributed by atoms with van der Waals surface area (Å²) in [6, 6.07) is 0. The van der Waals surface area contributed by atoms with Crippen molar-refractivity contribution in [2.45, 2.75) is 39.0 Å². The highest BCUT2D eigenvalue weighted by molar-refractivity contribution is 5.83. The van der Waals surface area contributed by atoms with Crippen molar-refractivity contribution < 1.29 is 14.3 Å². The molecule has 0 radical (unpaired) electrons. The average Bonchev–Trinajstić information content (AvgIpc) is 2.63. The molecule has 0 atom stereocenters. The van der Waals surface area contributed by atoms with Crippen molar-refractivity contribution in [1.29, 1.82) is 0 Å².